The summed E-state index contributed by atoms with van der Waals surface area (Å²) in [5.41, 5.74) is 2.34. The third-order valence-electron chi connectivity index (χ3n) is 3.95. The van der Waals surface area contributed by atoms with Crippen molar-refractivity contribution in [3.8, 4) is 0 Å². The Kier molecular flexibility index (Phi) is 6.61. The number of hydrogen-bond donors (Lipinski definition) is 1. The summed E-state index contributed by atoms with van der Waals surface area (Å²) in [7, 11) is 0. The lowest BCUT2D eigenvalue weighted by Gasteiger charge is -2.34. The first kappa shape index (κ1) is 16.4. The molecule has 2 rings (SSSR count). The van der Waals surface area contributed by atoms with E-state index in [2.05, 4.69) is 54.1 Å². The molecule has 118 valence electrons. The molecule has 0 radical (unpaired) electrons. The van der Waals surface area contributed by atoms with E-state index in [1.807, 2.05) is 0 Å². The molecule has 1 fully saturated rings. The second-order valence-corrected chi connectivity index (χ2v) is 6.27. The fourth-order valence-electron chi connectivity index (χ4n) is 2.74. The smallest absolute Gasteiger partial charge is 0.0547 e. The summed E-state index contributed by atoms with van der Waals surface area (Å²) in [6, 6.07) is 6.89. The standard InChI is InChI=1S/C17H30N4/c1-4-8-20-9-11-21(12-10-20)14-17-7-5-6-16(19-17)13-18-15(2)3/h5-7,15,18H,4,8-14H2,1-3H3. The van der Waals surface area contributed by atoms with Gasteiger partial charge in [-0.3, -0.25) is 9.88 Å². The van der Waals surface area contributed by atoms with Crippen LogP contribution in [0.3, 0.4) is 0 Å². The maximum Gasteiger partial charge on any atom is 0.0547 e. The normalized spacial score (nSPS) is 17.5. The summed E-state index contributed by atoms with van der Waals surface area (Å²) in [5, 5.41) is 3.43. The van der Waals surface area contributed by atoms with E-state index in [1.54, 1.807) is 0 Å². The molecule has 0 bridgehead atoms. The average molecular weight is 290 g/mol. The van der Waals surface area contributed by atoms with Gasteiger partial charge in [-0.1, -0.05) is 26.8 Å². The van der Waals surface area contributed by atoms with Gasteiger partial charge in [-0.05, 0) is 25.1 Å². The highest BCUT2D eigenvalue weighted by molar-refractivity contribution is 5.11. The van der Waals surface area contributed by atoms with E-state index in [0.717, 1.165) is 31.9 Å². The van der Waals surface area contributed by atoms with Crippen LogP contribution >= 0.6 is 0 Å². The van der Waals surface area contributed by atoms with Crippen molar-refractivity contribution in [2.24, 2.45) is 0 Å². The van der Waals surface area contributed by atoms with Gasteiger partial charge >= 0.3 is 0 Å². The summed E-state index contributed by atoms with van der Waals surface area (Å²) in [6.45, 7) is 14.4. The summed E-state index contributed by atoms with van der Waals surface area (Å²) in [4.78, 5) is 9.86. The molecule has 0 aromatic carbocycles. The monoisotopic (exact) mass is 290 g/mol. The average Bonchev–Trinajstić information content (AvgIpc) is 2.48. The predicted molar refractivity (Wildman–Crippen MR) is 88.2 cm³/mol. The van der Waals surface area contributed by atoms with Gasteiger partial charge in [-0.2, -0.15) is 0 Å². The molecule has 1 aromatic heterocycles. The van der Waals surface area contributed by atoms with E-state index in [0.29, 0.717) is 6.04 Å². The van der Waals surface area contributed by atoms with Crippen molar-refractivity contribution in [2.45, 2.75) is 46.3 Å². The first-order valence-electron chi connectivity index (χ1n) is 8.30. The molecule has 2 heterocycles. The van der Waals surface area contributed by atoms with E-state index in [1.165, 1.54) is 31.7 Å². The fraction of sp³-hybridized carbons (Fsp3) is 0.706. The Bertz CT molecular complexity index is 411. The van der Waals surface area contributed by atoms with Gasteiger partial charge < -0.3 is 10.2 Å². The molecule has 0 unspecified atom stereocenters. The minimum atomic E-state index is 0.502. The van der Waals surface area contributed by atoms with Crippen LogP contribution < -0.4 is 5.32 Å². The second-order valence-electron chi connectivity index (χ2n) is 6.27. The molecule has 1 saturated heterocycles. The molecular weight excluding hydrogens is 260 g/mol. The van der Waals surface area contributed by atoms with Crippen LogP contribution in [0.15, 0.2) is 18.2 Å². The zero-order valence-corrected chi connectivity index (χ0v) is 13.8. The van der Waals surface area contributed by atoms with Crippen LogP contribution in [0.2, 0.25) is 0 Å². The summed E-state index contributed by atoms with van der Waals surface area (Å²) in [6.07, 6.45) is 1.26. The van der Waals surface area contributed by atoms with Crippen molar-refractivity contribution < 1.29 is 0 Å². The summed E-state index contributed by atoms with van der Waals surface area (Å²) < 4.78 is 0. The van der Waals surface area contributed by atoms with Crippen LogP contribution in [-0.4, -0.2) is 53.5 Å². The molecule has 1 aliphatic heterocycles. The van der Waals surface area contributed by atoms with Gasteiger partial charge in [0.15, 0.2) is 0 Å². The number of piperazine rings is 1. The zero-order chi connectivity index (χ0) is 15.1. The molecule has 0 aliphatic carbocycles. The topological polar surface area (TPSA) is 31.4 Å². The lowest BCUT2D eigenvalue weighted by molar-refractivity contribution is 0.126. The number of hydrogen-bond acceptors (Lipinski definition) is 4. The molecular formula is C17H30N4. The first-order chi connectivity index (χ1) is 10.2. The van der Waals surface area contributed by atoms with Crippen molar-refractivity contribution >= 4 is 0 Å². The molecule has 21 heavy (non-hydrogen) atoms. The Labute approximate surface area is 129 Å². The van der Waals surface area contributed by atoms with Crippen molar-refractivity contribution in [2.75, 3.05) is 32.7 Å². The number of rotatable bonds is 7. The van der Waals surface area contributed by atoms with E-state index in [4.69, 9.17) is 4.98 Å². The van der Waals surface area contributed by atoms with Gasteiger partial charge in [0.2, 0.25) is 0 Å². The van der Waals surface area contributed by atoms with Crippen LogP contribution in [0.5, 0.6) is 0 Å². The van der Waals surface area contributed by atoms with E-state index in [9.17, 15) is 0 Å². The van der Waals surface area contributed by atoms with Gasteiger partial charge in [-0.15, -0.1) is 0 Å². The zero-order valence-electron chi connectivity index (χ0n) is 13.8. The third kappa shape index (κ3) is 5.73. The van der Waals surface area contributed by atoms with Gasteiger partial charge in [0.1, 0.15) is 0 Å². The predicted octanol–water partition coefficient (Wildman–Crippen LogP) is 2.11. The second kappa shape index (κ2) is 8.47. The number of nitrogens with zero attached hydrogens (tertiary/aromatic N) is 3. The van der Waals surface area contributed by atoms with Crippen LogP contribution in [0.1, 0.15) is 38.6 Å². The largest absolute Gasteiger partial charge is 0.309 e. The SMILES string of the molecule is CCCN1CCN(Cc2cccc(CNC(C)C)n2)CC1. The third-order valence-corrected chi connectivity index (χ3v) is 3.95. The van der Waals surface area contributed by atoms with Gasteiger partial charge in [-0.25, -0.2) is 0 Å². The molecule has 4 nitrogen and oxygen atoms in total. The van der Waals surface area contributed by atoms with Gasteiger partial charge in [0, 0.05) is 45.3 Å². The van der Waals surface area contributed by atoms with E-state index in [-0.39, 0.29) is 0 Å². The van der Waals surface area contributed by atoms with Crippen molar-refractivity contribution in [1.82, 2.24) is 20.1 Å². The minimum Gasteiger partial charge on any atom is -0.309 e. The summed E-state index contributed by atoms with van der Waals surface area (Å²) >= 11 is 0. The Hall–Kier alpha value is -0.970. The number of aromatic nitrogens is 1. The van der Waals surface area contributed by atoms with Crippen molar-refractivity contribution in [3.05, 3.63) is 29.6 Å². The number of pyridine rings is 1. The highest BCUT2D eigenvalue weighted by Gasteiger charge is 2.16. The Morgan fingerprint density at radius 3 is 2.43 bits per heavy atom. The lowest BCUT2D eigenvalue weighted by Crippen LogP contribution is -2.46. The molecule has 4 heteroatoms. The molecule has 1 N–H and O–H groups in total. The van der Waals surface area contributed by atoms with Crippen molar-refractivity contribution in [3.63, 3.8) is 0 Å². The lowest BCUT2D eigenvalue weighted by atomic mass is 10.2. The van der Waals surface area contributed by atoms with E-state index < -0.39 is 0 Å². The quantitative estimate of drug-likeness (QED) is 0.833. The number of nitrogens with one attached hydrogen (secondary N) is 1. The van der Waals surface area contributed by atoms with Crippen LogP contribution in [0, 0.1) is 0 Å². The fourth-order valence-corrected chi connectivity index (χ4v) is 2.74. The summed E-state index contributed by atoms with van der Waals surface area (Å²) in [5.74, 6) is 0. The molecule has 0 atom stereocenters. The highest BCUT2D eigenvalue weighted by Crippen LogP contribution is 2.08. The maximum atomic E-state index is 4.78. The maximum absolute atomic E-state index is 4.78. The van der Waals surface area contributed by atoms with Crippen molar-refractivity contribution in [1.29, 1.82) is 0 Å². The Morgan fingerprint density at radius 1 is 1.10 bits per heavy atom. The highest BCUT2D eigenvalue weighted by atomic mass is 15.3. The van der Waals surface area contributed by atoms with Crippen LogP contribution in [-0.2, 0) is 13.1 Å². The Balaban J connectivity index is 1.81. The molecule has 0 amide bonds. The molecule has 1 aliphatic rings. The van der Waals surface area contributed by atoms with Gasteiger partial charge in [0.05, 0.1) is 11.4 Å². The van der Waals surface area contributed by atoms with Gasteiger partial charge in [0.25, 0.3) is 0 Å². The molecule has 1 aromatic rings. The molecule has 0 spiro atoms. The van der Waals surface area contributed by atoms with E-state index >= 15 is 0 Å². The van der Waals surface area contributed by atoms with Crippen LogP contribution in [0.25, 0.3) is 0 Å². The van der Waals surface area contributed by atoms with Crippen LogP contribution in [0.4, 0.5) is 0 Å². The first-order valence-corrected chi connectivity index (χ1v) is 8.30. The minimum absolute atomic E-state index is 0.502. The molecule has 0 saturated carbocycles. The Morgan fingerprint density at radius 2 is 1.76 bits per heavy atom.